The molecule has 0 unspecified atom stereocenters. The van der Waals surface area contributed by atoms with Crippen LogP contribution in [0.1, 0.15) is 23.3 Å². The number of rotatable bonds is 5. The number of anilines is 1. The lowest BCUT2D eigenvalue weighted by molar-refractivity contribution is -0.116. The van der Waals surface area contributed by atoms with Crippen LogP contribution in [0, 0.1) is 0 Å². The molecule has 2 aromatic rings. The first-order valence-corrected chi connectivity index (χ1v) is 9.76. The lowest BCUT2D eigenvalue weighted by Crippen LogP contribution is -2.12. The van der Waals surface area contributed by atoms with Crippen LogP contribution < -0.4 is 5.32 Å². The second-order valence-electron chi connectivity index (χ2n) is 5.37. The summed E-state index contributed by atoms with van der Waals surface area (Å²) < 4.78 is 23.8. The average molecular weight is 335 g/mol. The van der Waals surface area contributed by atoms with Gasteiger partial charge in [0.25, 0.3) is 0 Å². The van der Waals surface area contributed by atoms with Crippen molar-refractivity contribution in [3.63, 3.8) is 0 Å². The predicted octanol–water partition coefficient (Wildman–Crippen LogP) is 3.04. The highest BCUT2D eigenvalue weighted by molar-refractivity contribution is 7.91. The third-order valence-corrected chi connectivity index (χ3v) is 6.46. The van der Waals surface area contributed by atoms with Gasteiger partial charge in [-0.05, 0) is 48.4 Å². The zero-order valence-corrected chi connectivity index (χ0v) is 13.7. The lowest BCUT2D eigenvalue weighted by atomic mass is 10.1. The molecule has 0 atom stereocenters. The van der Waals surface area contributed by atoms with Gasteiger partial charge >= 0.3 is 0 Å². The highest BCUT2D eigenvalue weighted by Crippen LogP contribution is 2.28. The van der Waals surface area contributed by atoms with Crippen molar-refractivity contribution in [2.45, 2.75) is 30.6 Å². The van der Waals surface area contributed by atoms with Gasteiger partial charge in [-0.25, -0.2) is 8.42 Å². The lowest BCUT2D eigenvalue weighted by Gasteiger charge is -2.07. The summed E-state index contributed by atoms with van der Waals surface area (Å²) in [5.41, 5.74) is 1.40. The van der Waals surface area contributed by atoms with Crippen LogP contribution in [0.25, 0.3) is 0 Å². The number of fused-ring (bicyclic) bond motifs is 1. The van der Waals surface area contributed by atoms with E-state index in [1.54, 1.807) is 29.5 Å². The van der Waals surface area contributed by atoms with Gasteiger partial charge in [0.05, 0.1) is 10.6 Å². The molecule has 4 nitrogen and oxygen atoms in total. The third kappa shape index (κ3) is 3.39. The highest BCUT2D eigenvalue weighted by atomic mass is 32.2. The van der Waals surface area contributed by atoms with Crippen molar-refractivity contribution in [1.29, 1.82) is 0 Å². The summed E-state index contributed by atoms with van der Waals surface area (Å²) in [6.07, 6.45) is 2.67. The maximum Gasteiger partial charge on any atom is 0.224 e. The molecule has 0 saturated heterocycles. The highest BCUT2D eigenvalue weighted by Gasteiger charge is 2.26. The molecule has 1 N–H and O–H groups in total. The van der Waals surface area contributed by atoms with E-state index in [-0.39, 0.29) is 11.7 Å². The molecule has 1 aliphatic rings. The molecule has 1 aromatic carbocycles. The number of sulfone groups is 1. The van der Waals surface area contributed by atoms with Gasteiger partial charge in [-0.1, -0.05) is 12.1 Å². The summed E-state index contributed by atoms with van der Waals surface area (Å²) in [5.74, 6) is 0.0903. The van der Waals surface area contributed by atoms with Crippen molar-refractivity contribution in [2.75, 3.05) is 11.1 Å². The van der Waals surface area contributed by atoms with Crippen molar-refractivity contribution in [2.24, 2.45) is 0 Å². The normalized spacial score (nSPS) is 15.5. The van der Waals surface area contributed by atoms with Gasteiger partial charge in [-0.2, -0.15) is 0 Å². The van der Waals surface area contributed by atoms with E-state index in [0.29, 0.717) is 23.4 Å². The standard InChI is InChI=1S/C16H17NO3S2/c18-16(5-1-3-14-4-2-9-21-14)17-13-7-6-12-8-10-22(19,20)15(12)11-13/h2,4,6-7,9,11H,1,3,5,8,10H2,(H,17,18). The Kier molecular flexibility index (Phi) is 4.31. The zero-order valence-electron chi connectivity index (χ0n) is 12.0. The zero-order chi connectivity index (χ0) is 15.6. The van der Waals surface area contributed by atoms with E-state index in [0.717, 1.165) is 18.4 Å². The Morgan fingerprint density at radius 2 is 2.14 bits per heavy atom. The molecule has 2 heterocycles. The van der Waals surface area contributed by atoms with E-state index in [1.165, 1.54) is 4.88 Å². The molecule has 0 spiro atoms. The molecular weight excluding hydrogens is 318 g/mol. The number of thiophene rings is 1. The summed E-state index contributed by atoms with van der Waals surface area (Å²) >= 11 is 1.69. The molecule has 0 fully saturated rings. The van der Waals surface area contributed by atoms with Gasteiger partial charge < -0.3 is 5.32 Å². The smallest absolute Gasteiger partial charge is 0.224 e. The Morgan fingerprint density at radius 3 is 2.91 bits per heavy atom. The molecule has 0 bridgehead atoms. The van der Waals surface area contributed by atoms with Crippen LogP contribution >= 0.6 is 11.3 Å². The fourth-order valence-corrected chi connectivity index (χ4v) is 4.92. The average Bonchev–Trinajstić information content (AvgIpc) is 3.08. The fraction of sp³-hybridized carbons (Fsp3) is 0.312. The first kappa shape index (κ1) is 15.2. The molecule has 1 amide bonds. The number of aryl methyl sites for hydroxylation is 2. The van der Waals surface area contributed by atoms with Gasteiger partial charge in [0.2, 0.25) is 5.91 Å². The van der Waals surface area contributed by atoms with Crippen LogP contribution in [-0.4, -0.2) is 20.1 Å². The SMILES string of the molecule is O=C(CCCc1cccs1)Nc1ccc2c(c1)S(=O)(=O)CC2. The number of amides is 1. The second-order valence-corrected chi connectivity index (χ2v) is 8.48. The molecule has 6 heteroatoms. The van der Waals surface area contributed by atoms with Crippen molar-refractivity contribution < 1.29 is 13.2 Å². The van der Waals surface area contributed by atoms with Gasteiger partial charge in [0.15, 0.2) is 9.84 Å². The van der Waals surface area contributed by atoms with Crippen LogP contribution in [0.2, 0.25) is 0 Å². The summed E-state index contributed by atoms with van der Waals surface area (Å²) in [5, 5.41) is 4.82. The third-order valence-electron chi connectivity index (χ3n) is 3.73. The fourth-order valence-electron chi connectivity index (χ4n) is 2.58. The summed E-state index contributed by atoms with van der Waals surface area (Å²) in [6.45, 7) is 0. The van der Waals surface area contributed by atoms with Crippen LogP contribution in [0.3, 0.4) is 0 Å². The van der Waals surface area contributed by atoms with Crippen molar-refractivity contribution in [1.82, 2.24) is 0 Å². The second kappa shape index (κ2) is 6.22. The Balaban J connectivity index is 1.58. The van der Waals surface area contributed by atoms with Crippen LogP contribution in [0.15, 0.2) is 40.6 Å². The Bertz CT molecular complexity index is 780. The molecule has 116 valence electrons. The summed E-state index contributed by atoms with van der Waals surface area (Å²) in [6, 6.07) is 9.21. The number of hydrogen-bond acceptors (Lipinski definition) is 4. The Morgan fingerprint density at radius 1 is 1.27 bits per heavy atom. The maximum absolute atomic E-state index is 11.9. The van der Waals surface area contributed by atoms with Gasteiger partial charge in [0.1, 0.15) is 0 Å². The number of benzene rings is 1. The molecule has 0 saturated carbocycles. The summed E-state index contributed by atoms with van der Waals surface area (Å²) in [4.78, 5) is 13.6. The minimum atomic E-state index is -3.16. The monoisotopic (exact) mass is 335 g/mol. The van der Waals surface area contributed by atoms with Gasteiger partial charge in [-0.15, -0.1) is 11.3 Å². The van der Waals surface area contributed by atoms with Gasteiger partial charge in [0, 0.05) is 17.0 Å². The van der Waals surface area contributed by atoms with Crippen LogP contribution in [-0.2, 0) is 27.5 Å². The number of carbonyl (C=O) groups is 1. The molecule has 1 aliphatic heterocycles. The van der Waals surface area contributed by atoms with Crippen LogP contribution in [0.5, 0.6) is 0 Å². The van der Waals surface area contributed by atoms with E-state index >= 15 is 0 Å². The summed E-state index contributed by atoms with van der Waals surface area (Å²) in [7, 11) is -3.16. The molecule has 22 heavy (non-hydrogen) atoms. The topological polar surface area (TPSA) is 63.2 Å². The van der Waals surface area contributed by atoms with Crippen molar-refractivity contribution >= 4 is 32.8 Å². The Labute approximate surface area is 134 Å². The predicted molar refractivity (Wildman–Crippen MR) is 88.1 cm³/mol. The number of carbonyl (C=O) groups excluding carboxylic acids is 1. The van der Waals surface area contributed by atoms with E-state index < -0.39 is 9.84 Å². The first-order chi connectivity index (χ1) is 10.5. The molecule has 0 radical (unpaired) electrons. The van der Waals surface area contributed by atoms with Crippen LogP contribution in [0.4, 0.5) is 5.69 Å². The maximum atomic E-state index is 11.9. The van der Waals surface area contributed by atoms with Crippen molar-refractivity contribution in [3.05, 3.63) is 46.2 Å². The van der Waals surface area contributed by atoms with Crippen molar-refractivity contribution in [3.8, 4) is 0 Å². The molecular formula is C16H17NO3S2. The quantitative estimate of drug-likeness (QED) is 0.913. The van der Waals surface area contributed by atoms with E-state index in [1.807, 2.05) is 11.4 Å². The van der Waals surface area contributed by atoms with E-state index in [4.69, 9.17) is 0 Å². The van der Waals surface area contributed by atoms with E-state index in [9.17, 15) is 13.2 Å². The molecule has 0 aliphatic carbocycles. The largest absolute Gasteiger partial charge is 0.326 e. The number of hydrogen-bond donors (Lipinski definition) is 1. The minimum Gasteiger partial charge on any atom is -0.326 e. The minimum absolute atomic E-state index is 0.0769. The molecule has 1 aromatic heterocycles. The van der Waals surface area contributed by atoms with E-state index in [2.05, 4.69) is 11.4 Å². The first-order valence-electron chi connectivity index (χ1n) is 7.22. The number of nitrogens with one attached hydrogen (secondary N) is 1. The molecule has 3 rings (SSSR count). The Hall–Kier alpha value is -1.66. The van der Waals surface area contributed by atoms with Gasteiger partial charge in [-0.3, -0.25) is 4.79 Å².